The molecule has 2 aliphatic rings. The van der Waals surface area contributed by atoms with Gasteiger partial charge in [0.1, 0.15) is 5.82 Å². The van der Waals surface area contributed by atoms with Gasteiger partial charge >= 0.3 is 0 Å². The van der Waals surface area contributed by atoms with Crippen LogP contribution in [0, 0.1) is 5.82 Å². The van der Waals surface area contributed by atoms with Crippen LogP contribution in [0.1, 0.15) is 42.9 Å². The molecule has 0 amide bonds. The fourth-order valence-electron chi connectivity index (χ4n) is 3.65. The van der Waals surface area contributed by atoms with Gasteiger partial charge in [-0.2, -0.15) is 0 Å². The second-order valence-corrected chi connectivity index (χ2v) is 5.90. The standard InChI is InChI=1S/C16H23FN2/c1-19(14-3-2-9-18-10-8-14)16-7-4-12-11-13(17)5-6-15(12)16/h5-6,11,14,16,18H,2-4,7-10H2,1H3. The van der Waals surface area contributed by atoms with Gasteiger partial charge in [0.15, 0.2) is 0 Å². The molecule has 1 N–H and O–H groups in total. The van der Waals surface area contributed by atoms with E-state index in [-0.39, 0.29) is 5.82 Å². The van der Waals surface area contributed by atoms with Crippen molar-refractivity contribution in [2.45, 2.75) is 44.2 Å². The highest BCUT2D eigenvalue weighted by Gasteiger charge is 2.30. The number of hydrogen-bond donors (Lipinski definition) is 1. The van der Waals surface area contributed by atoms with Gasteiger partial charge in [0.05, 0.1) is 0 Å². The largest absolute Gasteiger partial charge is 0.317 e. The number of halogens is 1. The molecule has 1 aliphatic heterocycles. The first-order chi connectivity index (χ1) is 9.25. The van der Waals surface area contributed by atoms with Gasteiger partial charge in [0.2, 0.25) is 0 Å². The Kier molecular flexibility index (Phi) is 3.85. The minimum absolute atomic E-state index is 0.0966. The van der Waals surface area contributed by atoms with E-state index in [4.69, 9.17) is 0 Å². The maximum atomic E-state index is 13.3. The third kappa shape index (κ3) is 2.67. The van der Waals surface area contributed by atoms with Gasteiger partial charge in [-0.05, 0) is 75.5 Å². The molecular formula is C16H23FN2. The van der Waals surface area contributed by atoms with Gasteiger partial charge in [0.25, 0.3) is 0 Å². The Morgan fingerprint density at radius 1 is 1.21 bits per heavy atom. The van der Waals surface area contributed by atoms with E-state index in [0.29, 0.717) is 12.1 Å². The third-order valence-electron chi connectivity index (χ3n) is 4.76. The smallest absolute Gasteiger partial charge is 0.123 e. The van der Waals surface area contributed by atoms with Crippen LogP contribution in [0.25, 0.3) is 0 Å². The van der Waals surface area contributed by atoms with Crippen molar-refractivity contribution in [3.05, 3.63) is 35.1 Å². The summed E-state index contributed by atoms with van der Waals surface area (Å²) < 4.78 is 13.3. The molecule has 1 fully saturated rings. The lowest BCUT2D eigenvalue weighted by atomic mass is 10.0. The second kappa shape index (κ2) is 5.59. The molecule has 1 aromatic rings. The van der Waals surface area contributed by atoms with Crippen molar-refractivity contribution in [2.24, 2.45) is 0 Å². The molecule has 0 aromatic heterocycles. The quantitative estimate of drug-likeness (QED) is 0.881. The molecular weight excluding hydrogens is 239 g/mol. The number of aryl methyl sites for hydroxylation is 1. The SMILES string of the molecule is CN(C1CCCNCC1)C1CCc2cc(F)ccc21. The van der Waals surface area contributed by atoms with Crippen molar-refractivity contribution >= 4 is 0 Å². The van der Waals surface area contributed by atoms with E-state index in [1.54, 1.807) is 12.1 Å². The maximum absolute atomic E-state index is 13.3. The summed E-state index contributed by atoms with van der Waals surface area (Å²) in [7, 11) is 2.25. The Hall–Kier alpha value is -0.930. The predicted molar refractivity (Wildman–Crippen MR) is 75.7 cm³/mol. The molecule has 2 nitrogen and oxygen atoms in total. The Morgan fingerprint density at radius 3 is 3.00 bits per heavy atom. The van der Waals surface area contributed by atoms with E-state index in [2.05, 4.69) is 17.3 Å². The van der Waals surface area contributed by atoms with E-state index in [9.17, 15) is 4.39 Å². The summed E-state index contributed by atoms with van der Waals surface area (Å²) in [5.41, 5.74) is 2.56. The van der Waals surface area contributed by atoms with E-state index in [0.717, 1.165) is 25.9 Å². The molecule has 1 aliphatic carbocycles. The van der Waals surface area contributed by atoms with Gasteiger partial charge in [-0.15, -0.1) is 0 Å². The zero-order valence-corrected chi connectivity index (χ0v) is 11.7. The fourth-order valence-corrected chi connectivity index (χ4v) is 3.65. The number of benzene rings is 1. The minimum Gasteiger partial charge on any atom is -0.317 e. The molecule has 0 radical (unpaired) electrons. The van der Waals surface area contributed by atoms with Crippen LogP contribution in [-0.2, 0) is 6.42 Å². The molecule has 3 rings (SSSR count). The molecule has 2 atom stereocenters. The summed E-state index contributed by atoms with van der Waals surface area (Å²) in [6.45, 7) is 2.27. The first-order valence-corrected chi connectivity index (χ1v) is 7.46. The zero-order chi connectivity index (χ0) is 13.2. The highest BCUT2D eigenvalue weighted by molar-refractivity contribution is 5.35. The lowest BCUT2D eigenvalue weighted by Gasteiger charge is -2.33. The molecule has 0 spiro atoms. The third-order valence-corrected chi connectivity index (χ3v) is 4.76. The highest BCUT2D eigenvalue weighted by atomic mass is 19.1. The Labute approximate surface area is 115 Å². The van der Waals surface area contributed by atoms with Crippen molar-refractivity contribution in [3.8, 4) is 0 Å². The van der Waals surface area contributed by atoms with Crippen molar-refractivity contribution < 1.29 is 4.39 Å². The highest BCUT2D eigenvalue weighted by Crippen LogP contribution is 2.37. The van der Waals surface area contributed by atoms with Crippen LogP contribution in [-0.4, -0.2) is 31.1 Å². The first kappa shape index (κ1) is 13.1. The van der Waals surface area contributed by atoms with Crippen molar-refractivity contribution in [1.29, 1.82) is 0 Å². The summed E-state index contributed by atoms with van der Waals surface area (Å²) in [5.74, 6) is -0.0966. The predicted octanol–water partition coefficient (Wildman–Crippen LogP) is 2.89. The van der Waals surface area contributed by atoms with E-state index in [1.807, 2.05) is 6.07 Å². The summed E-state index contributed by atoms with van der Waals surface area (Å²) >= 11 is 0. The van der Waals surface area contributed by atoms with Crippen molar-refractivity contribution in [3.63, 3.8) is 0 Å². The molecule has 3 heteroatoms. The topological polar surface area (TPSA) is 15.3 Å². The molecule has 0 saturated carbocycles. The van der Waals surface area contributed by atoms with E-state index >= 15 is 0 Å². The van der Waals surface area contributed by atoms with Crippen molar-refractivity contribution in [2.75, 3.05) is 20.1 Å². The van der Waals surface area contributed by atoms with Gasteiger partial charge < -0.3 is 5.32 Å². The normalized spacial score (nSPS) is 27.3. The monoisotopic (exact) mass is 262 g/mol. The van der Waals surface area contributed by atoms with Crippen LogP contribution in [0.5, 0.6) is 0 Å². The lowest BCUT2D eigenvalue weighted by molar-refractivity contribution is 0.160. The molecule has 1 aromatic carbocycles. The first-order valence-electron chi connectivity index (χ1n) is 7.46. The van der Waals surface area contributed by atoms with Crippen molar-refractivity contribution in [1.82, 2.24) is 10.2 Å². The Bertz CT molecular complexity index is 438. The van der Waals surface area contributed by atoms with Gasteiger partial charge in [-0.1, -0.05) is 6.07 Å². The van der Waals surface area contributed by atoms with Crippen LogP contribution in [0.3, 0.4) is 0 Å². The van der Waals surface area contributed by atoms with Gasteiger partial charge in [0, 0.05) is 12.1 Å². The molecule has 2 unspecified atom stereocenters. The average Bonchev–Trinajstić information content (AvgIpc) is 2.64. The number of fused-ring (bicyclic) bond motifs is 1. The molecule has 104 valence electrons. The molecule has 1 saturated heterocycles. The lowest BCUT2D eigenvalue weighted by Crippen LogP contribution is -2.35. The average molecular weight is 262 g/mol. The molecule has 19 heavy (non-hydrogen) atoms. The fraction of sp³-hybridized carbons (Fsp3) is 0.625. The van der Waals surface area contributed by atoms with Crippen LogP contribution >= 0.6 is 0 Å². The summed E-state index contributed by atoms with van der Waals surface area (Å²) in [5, 5.41) is 3.47. The molecule has 0 bridgehead atoms. The second-order valence-electron chi connectivity index (χ2n) is 5.90. The number of nitrogens with one attached hydrogen (secondary N) is 1. The van der Waals surface area contributed by atoms with Crippen LogP contribution < -0.4 is 5.32 Å². The number of hydrogen-bond acceptors (Lipinski definition) is 2. The number of nitrogens with zero attached hydrogens (tertiary/aromatic N) is 1. The summed E-state index contributed by atoms with van der Waals surface area (Å²) in [6.07, 6.45) is 5.92. The summed E-state index contributed by atoms with van der Waals surface area (Å²) in [4.78, 5) is 2.54. The Morgan fingerprint density at radius 2 is 2.11 bits per heavy atom. The molecule has 1 heterocycles. The summed E-state index contributed by atoms with van der Waals surface area (Å²) in [6, 6.07) is 6.47. The van der Waals surface area contributed by atoms with E-state index < -0.39 is 0 Å². The van der Waals surface area contributed by atoms with Gasteiger partial charge in [-0.25, -0.2) is 4.39 Å². The van der Waals surface area contributed by atoms with Crippen LogP contribution in [0.2, 0.25) is 0 Å². The number of rotatable bonds is 2. The van der Waals surface area contributed by atoms with Crippen LogP contribution in [0.4, 0.5) is 4.39 Å². The minimum atomic E-state index is -0.0966. The maximum Gasteiger partial charge on any atom is 0.123 e. The zero-order valence-electron chi connectivity index (χ0n) is 11.7. The Balaban J connectivity index is 1.76. The van der Waals surface area contributed by atoms with Gasteiger partial charge in [-0.3, -0.25) is 4.90 Å². The van der Waals surface area contributed by atoms with Crippen LogP contribution in [0.15, 0.2) is 18.2 Å². The van der Waals surface area contributed by atoms with E-state index in [1.165, 1.54) is 30.4 Å².